The molecule has 1 fully saturated rings. The van der Waals surface area contributed by atoms with E-state index in [1.54, 1.807) is 11.0 Å². The maximum atomic E-state index is 12.8. The van der Waals surface area contributed by atoms with Crippen LogP contribution < -0.4 is 5.32 Å². The molecule has 1 aromatic rings. The van der Waals surface area contributed by atoms with E-state index in [1.165, 1.54) is 6.07 Å². The van der Waals surface area contributed by atoms with E-state index in [-0.39, 0.29) is 11.9 Å². The van der Waals surface area contributed by atoms with Crippen molar-refractivity contribution in [3.05, 3.63) is 35.4 Å². The minimum absolute atomic E-state index is 0.0400. The minimum Gasteiger partial charge on any atom is -0.322 e. The second kappa shape index (κ2) is 6.05. The summed E-state index contributed by atoms with van der Waals surface area (Å²) in [7, 11) is 0. The molecule has 0 saturated carbocycles. The number of rotatable bonds is 4. The van der Waals surface area contributed by atoms with Crippen LogP contribution in [0.4, 0.5) is 13.2 Å². The molecule has 1 heterocycles. The van der Waals surface area contributed by atoms with Gasteiger partial charge in [-0.05, 0) is 30.5 Å². The van der Waals surface area contributed by atoms with Gasteiger partial charge in [-0.2, -0.15) is 13.2 Å². The van der Waals surface area contributed by atoms with Crippen LogP contribution in [-0.4, -0.2) is 23.4 Å². The molecule has 2 unspecified atom stereocenters. The molecule has 3 nitrogen and oxygen atoms in total. The molecule has 1 N–H and O–H groups in total. The van der Waals surface area contributed by atoms with Crippen LogP contribution in [0.2, 0.25) is 0 Å². The Balaban J connectivity index is 2.33. The van der Waals surface area contributed by atoms with Crippen molar-refractivity contribution in [1.82, 2.24) is 10.2 Å². The van der Waals surface area contributed by atoms with Crippen LogP contribution in [0.3, 0.4) is 0 Å². The van der Waals surface area contributed by atoms with Gasteiger partial charge in [0.25, 0.3) is 0 Å². The summed E-state index contributed by atoms with van der Waals surface area (Å²) in [4.78, 5) is 13.9. The smallest absolute Gasteiger partial charge is 0.322 e. The van der Waals surface area contributed by atoms with Crippen LogP contribution in [0.1, 0.15) is 44.0 Å². The maximum absolute atomic E-state index is 12.8. The predicted molar refractivity (Wildman–Crippen MR) is 73.4 cm³/mol. The first-order valence-corrected chi connectivity index (χ1v) is 7.12. The lowest BCUT2D eigenvalue weighted by molar-refractivity contribution is -0.137. The van der Waals surface area contributed by atoms with Crippen molar-refractivity contribution in [1.29, 1.82) is 0 Å². The highest BCUT2D eigenvalue weighted by atomic mass is 19.4. The van der Waals surface area contributed by atoms with Crippen molar-refractivity contribution in [3.63, 3.8) is 0 Å². The first kappa shape index (κ1) is 15.8. The Morgan fingerprint density at radius 3 is 2.57 bits per heavy atom. The third-order valence-corrected chi connectivity index (χ3v) is 3.65. The number of carbonyl (C=O) groups excluding carboxylic acids is 1. The Hall–Kier alpha value is -1.56. The summed E-state index contributed by atoms with van der Waals surface area (Å²) in [5.74, 6) is -0.0400. The fraction of sp³-hybridized carbons (Fsp3) is 0.533. The van der Waals surface area contributed by atoms with Crippen molar-refractivity contribution in [2.75, 3.05) is 6.54 Å². The molecule has 1 aliphatic rings. The number of benzene rings is 1. The van der Waals surface area contributed by atoms with E-state index in [0.29, 0.717) is 18.5 Å². The van der Waals surface area contributed by atoms with Crippen LogP contribution in [0.5, 0.6) is 0 Å². The molecule has 1 aromatic carbocycles. The molecule has 1 saturated heterocycles. The third-order valence-electron chi connectivity index (χ3n) is 3.65. The predicted octanol–water partition coefficient (Wildman–Crippen LogP) is 3.32. The Morgan fingerprint density at radius 2 is 2.00 bits per heavy atom. The highest BCUT2D eigenvalue weighted by Gasteiger charge is 2.39. The molecule has 0 bridgehead atoms. The topological polar surface area (TPSA) is 32.3 Å². The fourth-order valence-electron chi connectivity index (χ4n) is 2.61. The number of nitrogens with one attached hydrogen (secondary N) is 1. The fourth-order valence-corrected chi connectivity index (χ4v) is 2.61. The van der Waals surface area contributed by atoms with Crippen LogP contribution in [-0.2, 0) is 11.0 Å². The van der Waals surface area contributed by atoms with Crippen LogP contribution in [0, 0.1) is 0 Å². The second-order valence-corrected chi connectivity index (χ2v) is 5.18. The minimum atomic E-state index is -4.38. The van der Waals surface area contributed by atoms with Gasteiger partial charge in [0, 0.05) is 6.54 Å². The zero-order valence-corrected chi connectivity index (χ0v) is 12.1. The van der Waals surface area contributed by atoms with Crippen molar-refractivity contribution >= 4 is 5.91 Å². The zero-order valence-electron chi connectivity index (χ0n) is 12.1. The molecule has 1 aliphatic heterocycles. The number of alkyl halides is 3. The SMILES string of the molecule is CCCN1C(=O)C(CC)NC1c1cccc(C(F)(F)F)c1. The van der Waals surface area contributed by atoms with Crippen LogP contribution in [0.15, 0.2) is 24.3 Å². The van der Waals surface area contributed by atoms with E-state index in [9.17, 15) is 18.0 Å². The average molecular weight is 300 g/mol. The summed E-state index contributed by atoms with van der Waals surface area (Å²) in [6, 6.07) is 4.85. The second-order valence-electron chi connectivity index (χ2n) is 5.18. The lowest BCUT2D eigenvalue weighted by atomic mass is 10.1. The van der Waals surface area contributed by atoms with Gasteiger partial charge in [0.15, 0.2) is 0 Å². The summed E-state index contributed by atoms with van der Waals surface area (Å²) >= 11 is 0. The number of hydrogen-bond donors (Lipinski definition) is 1. The van der Waals surface area contributed by atoms with Gasteiger partial charge >= 0.3 is 6.18 Å². The number of carbonyl (C=O) groups is 1. The molecule has 21 heavy (non-hydrogen) atoms. The van der Waals surface area contributed by atoms with Gasteiger partial charge in [0.05, 0.1) is 11.6 Å². The van der Waals surface area contributed by atoms with Gasteiger partial charge in [0.2, 0.25) is 5.91 Å². The first-order chi connectivity index (χ1) is 9.88. The van der Waals surface area contributed by atoms with Crippen molar-refractivity contribution in [3.8, 4) is 0 Å². The number of hydrogen-bond acceptors (Lipinski definition) is 2. The molecule has 2 rings (SSSR count). The quantitative estimate of drug-likeness (QED) is 0.925. The van der Waals surface area contributed by atoms with Gasteiger partial charge in [0.1, 0.15) is 6.17 Å². The Labute approximate surface area is 122 Å². The van der Waals surface area contributed by atoms with Crippen LogP contribution >= 0.6 is 0 Å². The third kappa shape index (κ3) is 3.20. The maximum Gasteiger partial charge on any atom is 0.416 e. The van der Waals surface area contributed by atoms with E-state index in [0.717, 1.165) is 18.6 Å². The van der Waals surface area contributed by atoms with Crippen molar-refractivity contribution < 1.29 is 18.0 Å². The molecular weight excluding hydrogens is 281 g/mol. The number of halogens is 3. The summed E-state index contributed by atoms with van der Waals surface area (Å²) in [6.07, 6.45) is -3.48. The van der Waals surface area contributed by atoms with Gasteiger partial charge in [-0.15, -0.1) is 0 Å². The molecule has 2 atom stereocenters. The van der Waals surface area contributed by atoms with Gasteiger partial charge in [-0.25, -0.2) is 0 Å². The van der Waals surface area contributed by atoms with E-state index >= 15 is 0 Å². The van der Waals surface area contributed by atoms with Crippen LogP contribution in [0.25, 0.3) is 0 Å². The molecule has 1 amide bonds. The van der Waals surface area contributed by atoms with Gasteiger partial charge in [-0.1, -0.05) is 26.0 Å². The summed E-state index contributed by atoms with van der Waals surface area (Å²) in [5.41, 5.74) is -0.215. The Bertz CT molecular complexity index is 516. The molecule has 6 heteroatoms. The standard InChI is InChI=1S/C15H19F3N2O/c1-3-8-20-13(19-12(4-2)14(20)21)10-6-5-7-11(9-10)15(16,17)18/h5-7,9,12-13,19H,3-4,8H2,1-2H3. The lowest BCUT2D eigenvalue weighted by Gasteiger charge is -2.24. The summed E-state index contributed by atoms with van der Waals surface area (Å²) in [5, 5.41) is 3.13. The van der Waals surface area contributed by atoms with E-state index in [1.807, 2.05) is 13.8 Å². The van der Waals surface area contributed by atoms with Gasteiger partial charge in [-0.3, -0.25) is 10.1 Å². The van der Waals surface area contributed by atoms with E-state index in [2.05, 4.69) is 5.32 Å². The Morgan fingerprint density at radius 1 is 1.29 bits per heavy atom. The summed E-state index contributed by atoms with van der Waals surface area (Å²) in [6.45, 7) is 4.35. The largest absolute Gasteiger partial charge is 0.416 e. The van der Waals surface area contributed by atoms with Crippen molar-refractivity contribution in [2.45, 2.75) is 45.1 Å². The normalized spacial score (nSPS) is 22.9. The average Bonchev–Trinajstić information content (AvgIpc) is 2.76. The zero-order chi connectivity index (χ0) is 15.6. The molecule has 0 aliphatic carbocycles. The summed E-state index contributed by atoms with van der Waals surface area (Å²) < 4.78 is 38.5. The van der Waals surface area contributed by atoms with E-state index in [4.69, 9.17) is 0 Å². The highest BCUT2D eigenvalue weighted by molar-refractivity contribution is 5.84. The van der Waals surface area contributed by atoms with Gasteiger partial charge < -0.3 is 4.90 Å². The van der Waals surface area contributed by atoms with Crippen molar-refractivity contribution in [2.24, 2.45) is 0 Å². The monoisotopic (exact) mass is 300 g/mol. The highest BCUT2D eigenvalue weighted by Crippen LogP contribution is 2.33. The molecule has 116 valence electrons. The number of nitrogens with zero attached hydrogens (tertiary/aromatic N) is 1. The Kier molecular flexibility index (Phi) is 4.56. The number of amides is 1. The molecule has 0 spiro atoms. The van der Waals surface area contributed by atoms with E-state index < -0.39 is 17.9 Å². The molecule has 0 radical (unpaired) electrons. The lowest BCUT2D eigenvalue weighted by Crippen LogP contribution is -2.31. The molecular formula is C15H19F3N2O. The first-order valence-electron chi connectivity index (χ1n) is 7.12. The molecule has 0 aromatic heterocycles.